The second-order valence-electron chi connectivity index (χ2n) is 5.88. The van der Waals surface area contributed by atoms with E-state index >= 15 is 0 Å². The standard InChI is InChI=1S/C17H19N5O3/c1-9-5-4-6-12-10(2)19-17(20-14(9)12)22-16-18-8-11(15(24)21-16)7-13(23)25-3/h4-6,11H,7-8H2,1-3H3,(H2,18,19,20,21,22,24)/t11-/m1/s1. The summed E-state index contributed by atoms with van der Waals surface area (Å²) in [5.41, 5.74) is 2.73. The Morgan fingerprint density at radius 3 is 2.88 bits per heavy atom. The van der Waals surface area contributed by atoms with E-state index in [2.05, 4.69) is 30.3 Å². The van der Waals surface area contributed by atoms with E-state index in [0.29, 0.717) is 5.95 Å². The highest BCUT2D eigenvalue weighted by atomic mass is 16.5. The van der Waals surface area contributed by atoms with Crippen molar-refractivity contribution in [2.24, 2.45) is 10.9 Å². The molecule has 0 saturated carbocycles. The van der Waals surface area contributed by atoms with Gasteiger partial charge < -0.3 is 4.74 Å². The third kappa shape index (κ3) is 3.57. The van der Waals surface area contributed by atoms with Gasteiger partial charge in [0.25, 0.3) is 0 Å². The smallest absolute Gasteiger partial charge is 0.306 e. The first-order chi connectivity index (χ1) is 12.0. The van der Waals surface area contributed by atoms with Gasteiger partial charge in [-0.05, 0) is 19.4 Å². The number of amides is 1. The summed E-state index contributed by atoms with van der Waals surface area (Å²) in [7, 11) is 1.29. The minimum atomic E-state index is -0.528. The van der Waals surface area contributed by atoms with Crippen LogP contribution in [0.15, 0.2) is 23.2 Å². The Hall–Kier alpha value is -3.03. The average molecular weight is 341 g/mol. The molecule has 8 heteroatoms. The van der Waals surface area contributed by atoms with Crippen LogP contribution in [0.1, 0.15) is 17.7 Å². The molecule has 0 spiro atoms. The number of hydrogen-bond donors (Lipinski definition) is 2. The highest BCUT2D eigenvalue weighted by Gasteiger charge is 2.27. The number of methoxy groups -OCH3 is 1. The topological polar surface area (TPSA) is 106 Å². The van der Waals surface area contributed by atoms with E-state index in [9.17, 15) is 9.59 Å². The van der Waals surface area contributed by atoms with Crippen LogP contribution in [0.4, 0.5) is 5.95 Å². The van der Waals surface area contributed by atoms with Crippen LogP contribution in [0.25, 0.3) is 10.9 Å². The maximum Gasteiger partial charge on any atom is 0.306 e. The molecular formula is C17H19N5O3. The van der Waals surface area contributed by atoms with Crippen molar-refractivity contribution in [2.45, 2.75) is 20.3 Å². The molecular weight excluding hydrogens is 322 g/mol. The van der Waals surface area contributed by atoms with Crippen molar-refractivity contribution in [3.8, 4) is 0 Å². The molecule has 1 aliphatic heterocycles. The normalized spacial score (nSPS) is 17.0. The number of aryl methyl sites for hydroxylation is 2. The fourth-order valence-corrected chi connectivity index (χ4v) is 2.67. The second kappa shape index (κ2) is 6.84. The van der Waals surface area contributed by atoms with Crippen molar-refractivity contribution in [2.75, 3.05) is 19.0 Å². The Morgan fingerprint density at radius 1 is 1.36 bits per heavy atom. The lowest BCUT2D eigenvalue weighted by atomic mass is 10.0. The van der Waals surface area contributed by atoms with Crippen LogP contribution in [0, 0.1) is 19.8 Å². The summed E-state index contributed by atoms with van der Waals surface area (Å²) in [5, 5.41) is 6.56. The van der Waals surface area contributed by atoms with Crippen LogP contribution in [0.2, 0.25) is 0 Å². The molecule has 3 rings (SSSR count). The molecule has 0 fully saturated rings. The van der Waals surface area contributed by atoms with E-state index in [1.807, 2.05) is 32.0 Å². The summed E-state index contributed by atoms with van der Waals surface area (Å²) < 4.78 is 4.59. The number of fused-ring (bicyclic) bond motifs is 1. The summed E-state index contributed by atoms with van der Waals surface area (Å²) >= 11 is 0. The van der Waals surface area contributed by atoms with Gasteiger partial charge in [-0.3, -0.25) is 25.2 Å². The number of para-hydroxylation sites is 1. The van der Waals surface area contributed by atoms with Crippen LogP contribution in [-0.4, -0.2) is 41.5 Å². The zero-order chi connectivity index (χ0) is 18.0. The van der Waals surface area contributed by atoms with Gasteiger partial charge in [0.1, 0.15) is 0 Å². The highest BCUT2D eigenvalue weighted by molar-refractivity contribution is 6.06. The van der Waals surface area contributed by atoms with Crippen molar-refractivity contribution >= 4 is 34.7 Å². The molecule has 1 aliphatic rings. The van der Waals surface area contributed by atoms with E-state index in [1.54, 1.807) is 0 Å². The van der Waals surface area contributed by atoms with E-state index < -0.39 is 11.9 Å². The molecule has 1 aromatic carbocycles. The lowest BCUT2D eigenvalue weighted by Gasteiger charge is -2.21. The summed E-state index contributed by atoms with van der Waals surface area (Å²) in [6, 6.07) is 5.92. The molecule has 0 unspecified atom stereocenters. The van der Waals surface area contributed by atoms with Gasteiger partial charge in [-0.2, -0.15) is 0 Å². The Balaban J connectivity index is 1.79. The molecule has 2 aromatic rings. The van der Waals surface area contributed by atoms with Crippen LogP contribution in [0.5, 0.6) is 0 Å². The number of carbonyl (C=O) groups excluding carboxylic acids is 2. The zero-order valence-corrected chi connectivity index (χ0v) is 14.3. The quantitative estimate of drug-likeness (QED) is 0.816. The molecule has 25 heavy (non-hydrogen) atoms. The molecule has 1 aromatic heterocycles. The molecule has 0 aliphatic carbocycles. The van der Waals surface area contributed by atoms with Gasteiger partial charge >= 0.3 is 5.97 Å². The number of carbonyl (C=O) groups is 2. The molecule has 0 bridgehead atoms. The van der Waals surface area contributed by atoms with Crippen molar-refractivity contribution in [1.82, 2.24) is 15.3 Å². The number of esters is 1. The SMILES string of the molecule is COC(=O)C[C@@H]1CN=C(Nc2nc(C)c3cccc(C)c3n2)NC1=O. The summed E-state index contributed by atoms with van der Waals surface area (Å²) in [6.07, 6.45) is 0.00386. The highest BCUT2D eigenvalue weighted by Crippen LogP contribution is 2.20. The molecule has 130 valence electrons. The van der Waals surface area contributed by atoms with Gasteiger partial charge in [0.2, 0.25) is 17.8 Å². The fraction of sp³-hybridized carbons (Fsp3) is 0.353. The number of nitrogens with zero attached hydrogens (tertiary/aromatic N) is 3. The van der Waals surface area contributed by atoms with Gasteiger partial charge in [-0.1, -0.05) is 18.2 Å². The predicted molar refractivity (Wildman–Crippen MR) is 93.2 cm³/mol. The first-order valence-corrected chi connectivity index (χ1v) is 7.91. The molecule has 2 N–H and O–H groups in total. The van der Waals surface area contributed by atoms with Crippen molar-refractivity contribution in [3.05, 3.63) is 29.5 Å². The maximum absolute atomic E-state index is 12.1. The van der Waals surface area contributed by atoms with Crippen molar-refractivity contribution < 1.29 is 14.3 Å². The monoisotopic (exact) mass is 341 g/mol. The fourth-order valence-electron chi connectivity index (χ4n) is 2.67. The summed E-state index contributed by atoms with van der Waals surface area (Å²) in [5.74, 6) is -0.602. The first-order valence-electron chi connectivity index (χ1n) is 7.91. The second-order valence-corrected chi connectivity index (χ2v) is 5.88. The number of guanidine groups is 1. The minimum absolute atomic E-state index is 0.00386. The van der Waals surface area contributed by atoms with Gasteiger partial charge in [-0.25, -0.2) is 9.97 Å². The van der Waals surface area contributed by atoms with E-state index in [4.69, 9.17) is 0 Å². The Morgan fingerprint density at radius 2 is 2.16 bits per heavy atom. The number of benzene rings is 1. The maximum atomic E-state index is 12.1. The van der Waals surface area contributed by atoms with Gasteiger partial charge in [0.15, 0.2) is 0 Å². The number of anilines is 1. The number of hydrogen-bond acceptors (Lipinski definition) is 7. The number of aromatic nitrogens is 2. The van der Waals surface area contributed by atoms with Crippen LogP contribution in [0.3, 0.4) is 0 Å². The number of rotatable bonds is 3. The largest absolute Gasteiger partial charge is 0.469 e. The van der Waals surface area contributed by atoms with E-state index in [1.165, 1.54) is 7.11 Å². The number of nitrogens with one attached hydrogen (secondary N) is 2. The molecule has 8 nitrogen and oxygen atoms in total. The van der Waals surface area contributed by atoms with Crippen LogP contribution >= 0.6 is 0 Å². The van der Waals surface area contributed by atoms with Crippen LogP contribution < -0.4 is 10.6 Å². The molecule has 1 amide bonds. The lowest BCUT2D eigenvalue weighted by Crippen LogP contribution is -2.45. The molecule has 2 heterocycles. The minimum Gasteiger partial charge on any atom is -0.469 e. The van der Waals surface area contributed by atoms with Gasteiger partial charge in [0, 0.05) is 5.39 Å². The number of aliphatic imine (C=N–C) groups is 1. The Bertz CT molecular complexity index is 878. The third-order valence-electron chi connectivity index (χ3n) is 4.07. The number of ether oxygens (including phenoxy) is 1. The van der Waals surface area contributed by atoms with E-state index in [0.717, 1.165) is 22.2 Å². The first kappa shape index (κ1) is 16.8. The van der Waals surface area contributed by atoms with Gasteiger partial charge in [-0.15, -0.1) is 0 Å². The molecule has 0 saturated heterocycles. The Kier molecular flexibility index (Phi) is 4.60. The van der Waals surface area contributed by atoms with Crippen molar-refractivity contribution in [3.63, 3.8) is 0 Å². The van der Waals surface area contributed by atoms with E-state index in [-0.39, 0.29) is 24.8 Å². The molecule has 1 atom stereocenters. The Labute approximate surface area is 144 Å². The van der Waals surface area contributed by atoms with Crippen LogP contribution in [-0.2, 0) is 14.3 Å². The molecule has 0 radical (unpaired) electrons. The zero-order valence-electron chi connectivity index (χ0n) is 14.3. The summed E-state index contributed by atoms with van der Waals surface area (Å²) in [4.78, 5) is 36.6. The van der Waals surface area contributed by atoms with Gasteiger partial charge in [0.05, 0.1) is 37.2 Å². The third-order valence-corrected chi connectivity index (χ3v) is 4.07. The predicted octanol–water partition coefficient (Wildman–Crippen LogP) is 1.32. The lowest BCUT2D eigenvalue weighted by molar-refractivity contribution is -0.143. The summed E-state index contributed by atoms with van der Waals surface area (Å²) in [6.45, 7) is 4.09. The van der Waals surface area contributed by atoms with Crippen molar-refractivity contribution in [1.29, 1.82) is 0 Å². The average Bonchev–Trinajstić information content (AvgIpc) is 2.58.